The van der Waals surface area contributed by atoms with Gasteiger partial charge in [-0.05, 0) is 52.1 Å². The number of aliphatic hydroxyl groups excluding tert-OH is 1. The van der Waals surface area contributed by atoms with E-state index in [0.29, 0.717) is 18.0 Å². The minimum absolute atomic E-state index is 0.0460. The summed E-state index contributed by atoms with van der Waals surface area (Å²) < 4.78 is 34.6. The third kappa shape index (κ3) is 6.27. The van der Waals surface area contributed by atoms with Crippen LogP contribution in [0.4, 0.5) is 0 Å². The molecule has 0 radical (unpaired) electrons. The van der Waals surface area contributed by atoms with Crippen LogP contribution in [0.25, 0.3) is 0 Å². The number of benzene rings is 1. The lowest BCUT2D eigenvalue weighted by Gasteiger charge is -2.37. The van der Waals surface area contributed by atoms with Crippen molar-refractivity contribution in [3.8, 4) is 17.6 Å². The smallest absolute Gasteiger partial charge is 0.247 e. The molecule has 1 aromatic carbocycles. The summed E-state index contributed by atoms with van der Waals surface area (Å²) in [7, 11) is 1.50. The lowest BCUT2D eigenvalue weighted by molar-refractivity contribution is -0.132. The highest BCUT2D eigenvalue weighted by molar-refractivity contribution is 7.89. The van der Waals surface area contributed by atoms with Gasteiger partial charge in [-0.15, -0.1) is 0 Å². The highest BCUT2D eigenvalue weighted by Crippen LogP contribution is 2.34. The van der Waals surface area contributed by atoms with E-state index < -0.39 is 22.2 Å². The maximum atomic E-state index is 13.5. The van der Waals surface area contributed by atoms with Crippen molar-refractivity contribution in [2.75, 3.05) is 47.4 Å². The van der Waals surface area contributed by atoms with Crippen LogP contribution in [-0.4, -0.2) is 93.1 Å². The van der Waals surface area contributed by atoms with Crippen molar-refractivity contribution in [3.63, 3.8) is 0 Å². The van der Waals surface area contributed by atoms with Crippen molar-refractivity contribution >= 4 is 15.9 Å². The van der Waals surface area contributed by atoms with Crippen LogP contribution in [0.2, 0.25) is 0 Å². The number of sulfonamides is 1. The molecular formula is C24H35N3O5S. The molecule has 33 heavy (non-hydrogen) atoms. The molecule has 182 valence electrons. The van der Waals surface area contributed by atoms with E-state index in [-0.39, 0.29) is 42.2 Å². The van der Waals surface area contributed by atoms with Crippen molar-refractivity contribution in [1.82, 2.24) is 14.1 Å². The lowest BCUT2D eigenvalue weighted by Crippen LogP contribution is -2.50. The summed E-state index contributed by atoms with van der Waals surface area (Å²) in [6, 6.07) is 4.32. The van der Waals surface area contributed by atoms with Crippen LogP contribution < -0.4 is 4.74 Å². The Labute approximate surface area is 197 Å². The van der Waals surface area contributed by atoms with E-state index in [2.05, 4.69) is 11.8 Å². The van der Waals surface area contributed by atoms with Gasteiger partial charge in [0.15, 0.2) is 0 Å². The first-order valence-electron chi connectivity index (χ1n) is 11.4. The molecule has 0 saturated heterocycles. The van der Waals surface area contributed by atoms with Crippen molar-refractivity contribution < 1.29 is 23.1 Å². The van der Waals surface area contributed by atoms with E-state index >= 15 is 0 Å². The largest absolute Gasteiger partial charge is 0.487 e. The second-order valence-corrected chi connectivity index (χ2v) is 11.3. The number of aliphatic hydroxyl groups is 1. The monoisotopic (exact) mass is 477 g/mol. The third-order valence-corrected chi connectivity index (χ3v) is 8.02. The third-order valence-electron chi connectivity index (χ3n) is 6.00. The Morgan fingerprint density at radius 1 is 1.30 bits per heavy atom. The minimum Gasteiger partial charge on any atom is -0.487 e. The molecule has 1 saturated carbocycles. The van der Waals surface area contributed by atoms with Gasteiger partial charge >= 0.3 is 0 Å². The van der Waals surface area contributed by atoms with Crippen LogP contribution >= 0.6 is 0 Å². The summed E-state index contributed by atoms with van der Waals surface area (Å²) in [5.74, 6) is 6.70. The molecule has 0 bridgehead atoms. The predicted octanol–water partition coefficient (Wildman–Crippen LogP) is 1.24. The highest BCUT2D eigenvalue weighted by Gasteiger charge is 2.38. The normalized spacial score (nSPS) is 23.4. The molecule has 1 aliphatic carbocycles. The zero-order valence-electron chi connectivity index (χ0n) is 20.1. The number of rotatable bonds is 6. The number of ether oxygens (including phenoxy) is 1. The Morgan fingerprint density at radius 3 is 2.61 bits per heavy atom. The van der Waals surface area contributed by atoms with Gasteiger partial charge in [0, 0.05) is 37.0 Å². The molecule has 1 heterocycles. The first-order chi connectivity index (χ1) is 15.5. The molecule has 1 amide bonds. The second-order valence-electron chi connectivity index (χ2n) is 9.46. The Hall–Kier alpha value is -2.12. The molecule has 1 N–H and O–H groups in total. The van der Waals surface area contributed by atoms with E-state index in [9.17, 15) is 18.3 Å². The van der Waals surface area contributed by atoms with Crippen LogP contribution in [-0.2, 0) is 14.8 Å². The fraction of sp³-hybridized carbons (Fsp3) is 0.625. The summed E-state index contributed by atoms with van der Waals surface area (Å²) in [6.45, 7) is 4.06. The van der Waals surface area contributed by atoms with Gasteiger partial charge in [-0.3, -0.25) is 4.79 Å². The van der Waals surface area contributed by atoms with Crippen molar-refractivity contribution in [2.24, 2.45) is 11.8 Å². The second kappa shape index (κ2) is 10.4. The highest BCUT2D eigenvalue weighted by atomic mass is 32.2. The number of hydrogen-bond donors (Lipinski definition) is 1. The minimum atomic E-state index is -3.89. The lowest BCUT2D eigenvalue weighted by atomic mass is 10.0. The molecule has 8 nitrogen and oxygen atoms in total. The molecule has 3 atom stereocenters. The number of amides is 1. The van der Waals surface area contributed by atoms with E-state index in [1.165, 1.54) is 10.4 Å². The fourth-order valence-electron chi connectivity index (χ4n) is 3.70. The van der Waals surface area contributed by atoms with Crippen LogP contribution in [0.3, 0.4) is 0 Å². The topological polar surface area (TPSA) is 90.4 Å². The number of carbonyl (C=O) groups is 1. The van der Waals surface area contributed by atoms with E-state index in [4.69, 9.17) is 4.74 Å². The summed E-state index contributed by atoms with van der Waals surface area (Å²) in [5.41, 5.74) is 0.696. The van der Waals surface area contributed by atoms with Gasteiger partial charge in [0.1, 0.15) is 16.7 Å². The molecule has 2 aliphatic rings. The Balaban J connectivity index is 1.99. The predicted molar refractivity (Wildman–Crippen MR) is 126 cm³/mol. The zero-order valence-corrected chi connectivity index (χ0v) is 20.9. The zero-order chi connectivity index (χ0) is 24.3. The molecule has 0 aromatic heterocycles. The number of nitrogens with zero attached hydrogens (tertiary/aromatic N) is 3. The average Bonchev–Trinajstić information content (AvgIpc) is 3.58. The number of likely N-dealkylation sites (N-methyl/N-ethyl adjacent to an activating group) is 2. The van der Waals surface area contributed by atoms with Crippen molar-refractivity contribution in [1.29, 1.82) is 0 Å². The first kappa shape index (κ1) is 25.5. The molecule has 9 heteroatoms. The molecule has 3 rings (SSSR count). The maximum Gasteiger partial charge on any atom is 0.247 e. The van der Waals surface area contributed by atoms with Crippen LogP contribution in [0, 0.1) is 23.7 Å². The maximum absolute atomic E-state index is 13.5. The number of hydrogen-bond acceptors (Lipinski definition) is 6. The summed E-state index contributed by atoms with van der Waals surface area (Å²) in [6.07, 6.45) is 1.77. The van der Waals surface area contributed by atoms with E-state index in [1.54, 1.807) is 35.9 Å². The first-order valence-corrected chi connectivity index (χ1v) is 12.8. The van der Waals surface area contributed by atoms with E-state index in [0.717, 1.165) is 12.8 Å². The molecular weight excluding hydrogens is 442 g/mol. The Bertz CT molecular complexity index is 1030. The summed E-state index contributed by atoms with van der Waals surface area (Å²) in [5, 5.41) is 9.74. The van der Waals surface area contributed by atoms with Crippen LogP contribution in [0.15, 0.2) is 23.1 Å². The molecule has 1 aliphatic heterocycles. The quantitative estimate of drug-likeness (QED) is 0.620. The average molecular weight is 478 g/mol. The summed E-state index contributed by atoms with van der Waals surface area (Å²) in [4.78, 5) is 16.0. The van der Waals surface area contributed by atoms with Crippen molar-refractivity contribution in [2.45, 2.75) is 43.7 Å². The number of carbonyl (C=O) groups excluding carboxylic acids is 1. The van der Waals surface area contributed by atoms with Crippen LogP contribution in [0.5, 0.6) is 5.75 Å². The SMILES string of the molecule is C[C@H](CO)N1C[C@H](C)[C@H](CN(C)C(=O)CN(C)C)Oc2cc(C#CC3CC3)ccc2S1(=O)=O. The molecule has 1 fully saturated rings. The number of fused-ring (bicyclic) bond motifs is 1. The molecule has 0 unspecified atom stereocenters. The van der Waals surface area contributed by atoms with Gasteiger partial charge < -0.3 is 19.6 Å². The van der Waals surface area contributed by atoms with Gasteiger partial charge in [-0.25, -0.2) is 8.42 Å². The van der Waals surface area contributed by atoms with Gasteiger partial charge in [-0.2, -0.15) is 4.31 Å². The standard InChI is InChI=1S/C24H35N3O5S/c1-17-13-27(18(2)16-28)33(30,31)23-11-10-20(9-8-19-6-7-19)12-21(23)32-22(17)14-26(5)24(29)15-25(3)4/h10-12,17-19,22,28H,6-7,13-16H2,1-5H3/t17-,18+,22-/m0/s1. The van der Waals surface area contributed by atoms with Crippen LogP contribution in [0.1, 0.15) is 32.3 Å². The fourth-order valence-corrected chi connectivity index (χ4v) is 5.52. The Kier molecular flexibility index (Phi) is 8.06. The van der Waals surface area contributed by atoms with Gasteiger partial charge in [0.25, 0.3) is 0 Å². The summed E-state index contributed by atoms with van der Waals surface area (Å²) >= 11 is 0. The molecule has 0 spiro atoms. The van der Waals surface area contributed by atoms with Crippen molar-refractivity contribution in [3.05, 3.63) is 23.8 Å². The van der Waals surface area contributed by atoms with Gasteiger partial charge in [0.2, 0.25) is 15.9 Å². The Morgan fingerprint density at radius 2 is 2.00 bits per heavy atom. The molecule has 1 aromatic rings. The van der Waals surface area contributed by atoms with Gasteiger partial charge in [-0.1, -0.05) is 18.8 Å². The van der Waals surface area contributed by atoms with Gasteiger partial charge in [0.05, 0.1) is 19.7 Å². The van der Waals surface area contributed by atoms with E-state index in [1.807, 2.05) is 21.0 Å².